The smallest absolute Gasteiger partial charge is 0.125 e. The number of aliphatic hydroxyl groups excluding tert-OH is 1. The molecule has 3 atom stereocenters. The van der Waals surface area contributed by atoms with E-state index in [1.165, 1.54) is 19.3 Å². The Morgan fingerprint density at radius 2 is 0.960 bits per heavy atom. The fraction of sp³-hybridized carbons (Fsp3) is 0.500. The van der Waals surface area contributed by atoms with Crippen LogP contribution in [0.5, 0.6) is 28.7 Å². The van der Waals surface area contributed by atoms with Crippen molar-refractivity contribution in [2.24, 2.45) is 5.92 Å². The lowest BCUT2D eigenvalue weighted by Crippen LogP contribution is -2.15. The Morgan fingerprint density at radius 3 is 1.43 bits per heavy atom. The molecule has 8 rings (SSSR count). The van der Waals surface area contributed by atoms with Gasteiger partial charge < -0.3 is 30.6 Å². The highest BCUT2D eigenvalue weighted by atomic mass is 127. The van der Waals surface area contributed by atoms with E-state index in [1.54, 1.807) is 4.08 Å². The average Bonchev–Trinajstić information content (AvgIpc) is 3.40. The second-order valence-corrected chi connectivity index (χ2v) is 24.2. The van der Waals surface area contributed by atoms with E-state index >= 15 is 0 Å². The van der Waals surface area contributed by atoms with Crippen molar-refractivity contribution in [2.75, 3.05) is 0 Å². The number of halogens is 1. The summed E-state index contributed by atoms with van der Waals surface area (Å²) in [6.07, 6.45) is 23.9. The molecule has 402 valence electrons. The van der Waals surface area contributed by atoms with Gasteiger partial charge in [0.2, 0.25) is 0 Å². The number of hydrogen-bond acceptors (Lipinski definition) is 6. The third-order valence-electron chi connectivity index (χ3n) is 17.9. The van der Waals surface area contributed by atoms with Gasteiger partial charge in [0.1, 0.15) is 34.5 Å². The number of unbranched alkanes of at least 4 members (excludes halogenated alkanes) is 2. The van der Waals surface area contributed by atoms with Gasteiger partial charge in [0.25, 0.3) is 0 Å². The molecule has 3 fully saturated rings. The number of hydrogen-bond donors (Lipinski definition) is 6. The first-order chi connectivity index (χ1) is 36.1. The Hall–Kier alpha value is -4.89. The number of phenols is 5. The Labute approximate surface area is 463 Å². The molecular weight excluding hydrogens is 1040 g/mol. The van der Waals surface area contributed by atoms with Gasteiger partial charge in [-0.25, -0.2) is 0 Å². The molecule has 0 bridgehead atoms. The largest absolute Gasteiger partial charge is 0.508 e. The number of benzene rings is 5. The molecule has 3 aliphatic carbocycles. The lowest BCUT2D eigenvalue weighted by atomic mass is 9.74. The van der Waals surface area contributed by atoms with Crippen LogP contribution in [0.1, 0.15) is 256 Å². The van der Waals surface area contributed by atoms with Crippen molar-refractivity contribution in [3.8, 4) is 28.7 Å². The van der Waals surface area contributed by atoms with E-state index in [-0.39, 0.29) is 41.1 Å². The predicted molar refractivity (Wildman–Crippen MR) is 318 cm³/mol. The number of aliphatic hydroxyl groups is 1. The quantitative estimate of drug-likeness (QED) is 0.0171. The summed E-state index contributed by atoms with van der Waals surface area (Å²) in [5.41, 5.74) is 14.5. The second-order valence-electron chi connectivity index (χ2n) is 23.5. The Morgan fingerprint density at radius 1 is 0.520 bits per heavy atom. The normalized spacial score (nSPS) is 17.9. The van der Waals surface area contributed by atoms with E-state index in [9.17, 15) is 30.6 Å². The molecule has 5 aromatic carbocycles. The summed E-state index contributed by atoms with van der Waals surface area (Å²) < 4.78 is 1.77. The van der Waals surface area contributed by atoms with Crippen LogP contribution < -0.4 is 0 Å². The second kappa shape index (κ2) is 25.5. The molecule has 3 saturated carbocycles. The van der Waals surface area contributed by atoms with Gasteiger partial charge in [-0.3, -0.25) is 0 Å². The summed E-state index contributed by atoms with van der Waals surface area (Å²) in [5.74, 6) is 1.79. The topological polar surface area (TPSA) is 121 Å². The van der Waals surface area contributed by atoms with Gasteiger partial charge >= 0.3 is 0 Å². The van der Waals surface area contributed by atoms with Crippen LogP contribution in [0.4, 0.5) is 0 Å². The van der Waals surface area contributed by atoms with Crippen LogP contribution in [0, 0.1) is 33.6 Å². The van der Waals surface area contributed by atoms with Crippen LogP contribution in [-0.4, -0.2) is 30.6 Å². The fourth-order valence-corrected chi connectivity index (χ4v) is 14.1. The van der Waals surface area contributed by atoms with Crippen molar-refractivity contribution in [3.05, 3.63) is 166 Å². The van der Waals surface area contributed by atoms with Crippen molar-refractivity contribution >= 4 is 22.6 Å². The van der Waals surface area contributed by atoms with Crippen LogP contribution in [0.3, 0.4) is 0 Å². The fourth-order valence-electron chi connectivity index (χ4n) is 13.7. The monoisotopic (exact) mass is 1130 g/mol. The molecule has 0 aromatic heterocycles. The molecule has 5 aromatic rings. The molecule has 0 heterocycles. The summed E-state index contributed by atoms with van der Waals surface area (Å²) in [4.78, 5) is 0. The molecule has 3 unspecified atom stereocenters. The minimum Gasteiger partial charge on any atom is -0.508 e. The summed E-state index contributed by atoms with van der Waals surface area (Å²) in [7, 11) is 0. The van der Waals surface area contributed by atoms with Gasteiger partial charge in [0.15, 0.2) is 0 Å². The maximum absolute atomic E-state index is 12.3. The molecule has 0 aliphatic heterocycles. The van der Waals surface area contributed by atoms with E-state index in [0.717, 1.165) is 186 Å². The number of aromatic hydroxyl groups is 5. The molecular formula is C68H87IO6. The van der Waals surface area contributed by atoms with Crippen LogP contribution in [0.25, 0.3) is 0 Å². The van der Waals surface area contributed by atoms with Crippen molar-refractivity contribution in [1.29, 1.82) is 0 Å². The van der Waals surface area contributed by atoms with E-state index in [0.29, 0.717) is 29.4 Å². The lowest BCUT2D eigenvalue weighted by molar-refractivity contribution is 0.411. The van der Waals surface area contributed by atoms with Crippen LogP contribution in [-0.2, 0) is 6.42 Å². The van der Waals surface area contributed by atoms with Crippen molar-refractivity contribution in [2.45, 2.75) is 212 Å². The minimum absolute atomic E-state index is 0.0818. The summed E-state index contributed by atoms with van der Waals surface area (Å²) in [6.45, 7) is 14.9. The van der Waals surface area contributed by atoms with Gasteiger partial charge in [0.05, 0.1) is 0 Å². The van der Waals surface area contributed by atoms with Gasteiger partial charge in [-0.05, 0) is 234 Å². The minimum atomic E-state index is -0.393. The number of aryl methyl sites for hydroxylation is 4. The van der Waals surface area contributed by atoms with Crippen molar-refractivity contribution < 1.29 is 30.6 Å². The van der Waals surface area contributed by atoms with Crippen LogP contribution in [0.2, 0.25) is 0 Å². The molecule has 7 heteroatoms. The zero-order valence-corrected chi connectivity index (χ0v) is 48.4. The van der Waals surface area contributed by atoms with Gasteiger partial charge in [0, 0.05) is 27.1 Å². The van der Waals surface area contributed by atoms with Gasteiger partial charge in [-0.2, -0.15) is 0 Å². The molecule has 0 saturated heterocycles. The standard InChI is InChI=1S/C68H87IO6/c1-8-9-13-20-42(3)51-36-52(43(4)31-62(51)71)68(55-39-58(65(74)34-46(55)7)50-25-18-12-19-26-50)60-35-47(27-28-61(60)70)29-41(2)30-59(66(75)40-69)67(53-37-56(63(72)32-44(53)5)48-21-14-10-15-22-48)54-38-57(64(73)33-45(54)6)49-23-16-11-17-24-49/h27-28,30-42,48-50,67-68,70-75H,8-26,29H2,1-7H3/b59-30+,66-40+. The van der Waals surface area contributed by atoms with Gasteiger partial charge in [-0.1, -0.05) is 140 Å². The van der Waals surface area contributed by atoms with E-state index in [2.05, 4.69) is 107 Å². The van der Waals surface area contributed by atoms with Crippen molar-refractivity contribution in [3.63, 3.8) is 0 Å². The highest BCUT2D eigenvalue weighted by Crippen LogP contribution is 2.50. The highest BCUT2D eigenvalue weighted by Gasteiger charge is 2.33. The number of allylic oxidation sites excluding steroid dienone is 2. The SMILES string of the molecule is CCCCCC(C)c1cc(C(c2cc(C3CCCCC3)c(O)cc2C)c2cc(CC(C)/C=C(\C(O)=C/I)C(c3cc(C4CCCCC4)c(O)cc3C)c3cc(C4CCCCC4)c(O)cc3C)ccc2O)c(C)cc1O. The summed E-state index contributed by atoms with van der Waals surface area (Å²) in [5, 5.41) is 70.9. The van der Waals surface area contributed by atoms with E-state index in [1.807, 2.05) is 36.4 Å². The van der Waals surface area contributed by atoms with Crippen molar-refractivity contribution in [1.82, 2.24) is 0 Å². The zero-order valence-electron chi connectivity index (χ0n) is 46.3. The molecule has 0 amide bonds. The molecule has 6 nitrogen and oxygen atoms in total. The van der Waals surface area contributed by atoms with E-state index in [4.69, 9.17) is 0 Å². The number of rotatable bonds is 18. The Balaban J connectivity index is 1.26. The third-order valence-corrected chi connectivity index (χ3v) is 18.5. The molecule has 75 heavy (non-hydrogen) atoms. The lowest BCUT2D eigenvalue weighted by Gasteiger charge is -2.30. The highest BCUT2D eigenvalue weighted by molar-refractivity contribution is 14.1. The number of phenolic OH excluding ortho intramolecular Hbond substituents is 5. The first-order valence-electron chi connectivity index (χ1n) is 28.9. The van der Waals surface area contributed by atoms with Gasteiger partial charge in [-0.15, -0.1) is 0 Å². The first-order valence-corrected chi connectivity index (χ1v) is 30.2. The predicted octanol–water partition coefficient (Wildman–Crippen LogP) is 19.2. The summed E-state index contributed by atoms with van der Waals surface area (Å²) >= 11 is 2.16. The average molecular weight is 1130 g/mol. The molecule has 0 spiro atoms. The summed E-state index contributed by atoms with van der Waals surface area (Å²) in [6, 6.07) is 22.6. The van der Waals surface area contributed by atoms with E-state index < -0.39 is 11.8 Å². The first kappa shape index (κ1) is 56.3. The van der Waals surface area contributed by atoms with Crippen LogP contribution in [0.15, 0.2) is 88.2 Å². The molecule has 3 aliphatic rings. The Bertz CT molecular complexity index is 2760. The molecule has 0 radical (unpaired) electrons. The maximum atomic E-state index is 12.3. The maximum Gasteiger partial charge on any atom is 0.125 e. The third kappa shape index (κ3) is 12.9. The Kier molecular flexibility index (Phi) is 19.2. The molecule has 6 N–H and O–H groups in total. The van der Waals surface area contributed by atoms with Crippen LogP contribution >= 0.6 is 22.6 Å². The zero-order chi connectivity index (χ0) is 53.5.